The number of aromatic nitrogens is 16. The number of pyridine rings is 5. The topological polar surface area (TPSA) is 265 Å². The Morgan fingerprint density at radius 1 is 0.313 bits per heavy atom. The van der Waals surface area contributed by atoms with Crippen LogP contribution in [0.1, 0.15) is 96.9 Å². The molecule has 4 atom stereocenters. The molecule has 37 heteroatoms. The average molecular weight is 1830 g/mol. The van der Waals surface area contributed by atoms with Crippen molar-refractivity contribution in [3.63, 3.8) is 0 Å². The van der Waals surface area contributed by atoms with Gasteiger partial charge < -0.3 is 21.3 Å². The average Bonchev–Trinajstić information content (AvgIpc) is 1.05. The first-order chi connectivity index (χ1) is 64.3. The van der Waals surface area contributed by atoms with E-state index in [9.17, 15) is 76.3 Å². The maximum absolute atomic E-state index is 14.1. The van der Waals surface area contributed by atoms with Gasteiger partial charge in [0, 0.05) is 83.0 Å². The molecule has 0 amide bonds. The molecule has 0 aliphatic heterocycles. The van der Waals surface area contributed by atoms with Crippen LogP contribution in [-0.4, -0.2) is 77.0 Å². The first kappa shape index (κ1) is 89.2. The van der Waals surface area contributed by atoms with E-state index in [0.717, 1.165) is 34.9 Å². The van der Waals surface area contributed by atoms with Crippen molar-refractivity contribution in [2.75, 3.05) is 21.3 Å². The summed E-state index contributed by atoms with van der Waals surface area (Å²) in [4.78, 5) is 79.8. The zero-order chi connectivity index (χ0) is 94.2. The van der Waals surface area contributed by atoms with Crippen LogP contribution in [0.2, 0.25) is 0 Å². The van der Waals surface area contributed by atoms with Crippen molar-refractivity contribution in [1.29, 1.82) is 0 Å². The summed E-state index contributed by atoms with van der Waals surface area (Å²) in [6.07, 6.45) is -4.32. The third kappa shape index (κ3) is 17.9. The molecule has 0 fully saturated rings. The summed E-state index contributed by atoms with van der Waals surface area (Å²) in [7, 11) is 0. The number of nitrogens with one attached hydrogen (secondary N) is 4. The van der Waals surface area contributed by atoms with Crippen LogP contribution in [0.4, 0.5) is 80.2 Å². The quantitative estimate of drug-likeness (QED) is 0.0655. The van der Waals surface area contributed by atoms with Gasteiger partial charge >= 0.3 is 24.7 Å². The zero-order valence-corrected chi connectivity index (χ0v) is 70.5. The van der Waals surface area contributed by atoms with Gasteiger partial charge in [-0.05, 0) is 183 Å². The van der Waals surface area contributed by atoms with Crippen LogP contribution in [-0.2, 0) is 24.7 Å². The van der Waals surface area contributed by atoms with Crippen LogP contribution in [0, 0.1) is 5.82 Å². The predicted molar refractivity (Wildman–Crippen MR) is 483 cm³/mol. The van der Waals surface area contributed by atoms with E-state index in [4.69, 9.17) is 0 Å². The first-order valence-corrected chi connectivity index (χ1v) is 41.2. The molecule has 0 aliphatic carbocycles. The van der Waals surface area contributed by atoms with E-state index in [1.165, 1.54) is 92.8 Å². The molecule has 0 saturated heterocycles. The molecule has 0 bridgehead atoms. The van der Waals surface area contributed by atoms with Crippen molar-refractivity contribution in [3.05, 3.63) is 403 Å². The van der Waals surface area contributed by atoms with Gasteiger partial charge in [-0.15, -0.1) is 0 Å². The Balaban J connectivity index is 0.000000124. The number of para-hydroxylation sites is 3. The highest BCUT2D eigenvalue weighted by molar-refractivity contribution is 5.91. The molecule has 20 rings (SSSR count). The van der Waals surface area contributed by atoms with Crippen molar-refractivity contribution >= 4 is 94.2 Å². The lowest BCUT2D eigenvalue weighted by molar-refractivity contribution is -0.137. The zero-order valence-electron chi connectivity index (χ0n) is 70.5. The smallest absolute Gasteiger partial charge is 0.374 e. The highest BCUT2D eigenvalue weighted by atomic mass is 19.4. The van der Waals surface area contributed by atoms with Crippen LogP contribution >= 0.6 is 0 Å². The number of alkyl halides is 12. The van der Waals surface area contributed by atoms with E-state index in [0.29, 0.717) is 91.0 Å². The Morgan fingerprint density at radius 3 is 1.09 bits per heavy atom. The van der Waals surface area contributed by atoms with Gasteiger partial charge in [0.1, 0.15) is 29.3 Å². The summed E-state index contributed by atoms with van der Waals surface area (Å²) in [6.45, 7) is 7.24. The van der Waals surface area contributed by atoms with Crippen molar-refractivity contribution in [3.8, 4) is 22.7 Å². The molecule has 134 heavy (non-hydrogen) atoms. The minimum absolute atomic E-state index is 0.117. The fourth-order valence-electron chi connectivity index (χ4n) is 16.2. The first-order valence-electron chi connectivity index (χ1n) is 41.2. The largest absolute Gasteiger partial charge is 0.417 e. The van der Waals surface area contributed by atoms with Crippen molar-refractivity contribution in [2.24, 2.45) is 0 Å². The van der Waals surface area contributed by atoms with Crippen molar-refractivity contribution in [1.82, 2.24) is 77.0 Å². The Morgan fingerprint density at radius 2 is 0.687 bits per heavy atom. The predicted octanol–water partition coefficient (Wildman–Crippen LogP) is 21.3. The van der Waals surface area contributed by atoms with Crippen LogP contribution in [0.5, 0.6) is 0 Å². The summed E-state index contributed by atoms with van der Waals surface area (Å²) < 4.78 is 189. The normalized spacial score (nSPS) is 12.8. The molecule has 674 valence electrons. The second kappa shape index (κ2) is 36.3. The molecule has 8 aromatic carbocycles. The number of rotatable bonds is 16. The SMILES string of the molecule is C[C@H](Nc1ccnc2ccnn12)c1cc2cccc(C(F)(F)F)c2c(=O)n1-c1cccc(F)c1.C[C@H](Nc1ccnc2ccnn12)c1cc2cccc(C(F)(F)F)c2c(=O)n1-c1ccccc1.C[C@H](Nc1ccnn2ccnc12)c1cc2cccc(C(F)(F)F)c2c(=O)n1-c1ccccc1.C[C@H](Nc1ncnc2cccnc12)c1cc2cccc(C(F)(F)F)c2c(=O)n1-c1ccccc1. The van der Waals surface area contributed by atoms with Crippen LogP contribution in [0.3, 0.4) is 0 Å². The molecule has 24 nitrogen and oxygen atoms in total. The fraction of sp³-hybridized carbons (Fsp3) is 0.124. The van der Waals surface area contributed by atoms with Gasteiger partial charge in [0.05, 0.1) is 103 Å². The standard InChI is InChI=1S/C25H18F3N5O.C24H17F4N5O.2C24H18F3N5O/c1-15(32-23-22-19(30-14-31-23)11-6-12-29-22)20-13-16-7-5-10-18(25(26,27)28)21(16)24(34)33(20)17-8-3-2-4-9-17;1-14(31-21-8-10-29-20-9-11-30-33(20)21)19-12-15-4-2-7-18(24(26,27)28)22(15)23(34)32(19)17-6-3-5-16(25)13-17;1-15(30-21-10-12-28-20-11-13-29-32(20)21)19-14-16-6-5-9-18(24(25,26)27)22(16)23(33)31(19)17-7-3-2-4-8-17;1-15(30-19-10-11-29-31-13-12-28-22(19)31)20-14-16-6-5-9-18(24(25,26)27)21(16)23(33)32(20)17-7-3-2-4-8-17/h2-15H,1H3,(H,30,31,32);2-14,31H,1H3;2*2-15,30H,1H3/t15-;14-;2*15-/m0000/s1. The monoisotopic (exact) mass is 1830 g/mol. The number of benzene rings is 8. The molecule has 0 spiro atoms. The number of hydrogen-bond acceptors (Lipinski definition) is 17. The fourth-order valence-corrected chi connectivity index (χ4v) is 16.2. The Kier molecular flexibility index (Phi) is 24.2. The number of anilines is 4. The molecule has 0 saturated carbocycles. The second-order valence-electron chi connectivity index (χ2n) is 30.8. The molecule has 12 aromatic heterocycles. The lowest BCUT2D eigenvalue weighted by Gasteiger charge is -2.22. The van der Waals surface area contributed by atoms with Gasteiger partial charge in [-0.2, -0.15) is 77.0 Å². The maximum Gasteiger partial charge on any atom is 0.417 e. The molecule has 12 heterocycles. The van der Waals surface area contributed by atoms with Gasteiger partial charge in [-0.3, -0.25) is 42.4 Å². The van der Waals surface area contributed by atoms with Crippen molar-refractivity contribution < 1.29 is 57.1 Å². The number of hydrogen-bond donors (Lipinski definition) is 4. The highest BCUT2D eigenvalue weighted by Crippen LogP contribution is 2.41. The van der Waals surface area contributed by atoms with Gasteiger partial charge in [0.2, 0.25) is 0 Å². The summed E-state index contributed by atoms with van der Waals surface area (Å²) in [5.41, 5.74) is 0.0795. The Labute approximate surface area is 748 Å². The number of fused-ring (bicyclic) bond motifs is 8. The third-order valence-electron chi connectivity index (χ3n) is 22.1. The van der Waals surface area contributed by atoms with E-state index in [1.54, 1.807) is 222 Å². The minimum atomic E-state index is -4.73. The van der Waals surface area contributed by atoms with Gasteiger partial charge in [0.15, 0.2) is 22.8 Å². The van der Waals surface area contributed by atoms with Crippen LogP contribution in [0.15, 0.2) is 330 Å². The van der Waals surface area contributed by atoms with E-state index in [-0.39, 0.29) is 43.4 Å². The molecular formula is C97H71F13N20O4. The summed E-state index contributed by atoms with van der Waals surface area (Å²) in [6, 6.07) is 62.5. The summed E-state index contributed by atoms with van der Waals surface area (Å²) in [5, 5.41) is 25.0. The van der Waals surface area contributed by atoms with E-state index >= 15 is 0 Å². The number of imidazole rings is 1. The Hall–Kier alpha value is -16.8. The second-order valence-corrected chi connectivity index (χ2v) is 30.8. The van der Waals surface area contributed by atoms with E-state index in [1.807, 2.05) is 20.8 Å². The van der Waals surface area contributed by atoms with Crippen molar-refractivity contribution in [2.45, 2.75) is 76.6 Å². The minimum Gasteiger partial charge on any atom is -0.374 e. The molecule has 4 N–H and O–H groups in total. The molecule has 0 unspecified atom stereocenters. The summed E-state index contributed by atoms with van der Waals surface area (Å²) in [5.74, 6) is 1.03. The van der Waals surface area contributed by atoms with Gasteiger partial charge in [0.25, 0.3) is 22.2 Å². The molecular weight excluding hydrogens is 1760 g/mol. The van der Waals surface area contributed by atoms with E-state index < -0.39 is 105 Å². The maximum atomic E-state index is 14.1. The van der Waals surface area contributed by atoms with Gasteiger partial charge in [-0.1, -0.05) is 109 Å². The molecule has 0 aliphatic rings. The third-order valence-corrected chi connectivity index (χ3v) is 22.1. The Bertz CT molecular complexity index is 7850. The van der Waals surface area contributed by atoms with Gasteiger partial charge in [-0.25, -0.2) is 33.8 Å². The lowest BCUT2D eigenvalue weighted by atomic mass is 10.0. The molecule has 0 radical (unpaired) electrons. The van der Waals surface area contributed by atoms with Crippen LogP contribution in [0.25, 0.3) is 93.8 Å². The number of halogens is 13. The summed E-state index contributed by atoms with van der Waals surface area (Å²) >= 11 is 0. The lowest BCUT2D eigenvalue weighted by Crippen LogP contribution is -2.27. The highest BCUT2D eigenvalue weighted by Gasteiger charge is 2.39. The number of nitrogens with zero attached hydrogens (tertiary/aromatic N) is 16. The van der Waals surface area contributed by atoms with E-state index in [2.05, 4.69) is 66.5 Å². The van der Waals surface area contributed by atoms with Crippen LogP contribution < -0.4 is 43.5 Å². The molecule has 20 aromatic rings.